The summed E-state index contributed by atoms with van der Waals surface area (Å²) in [7, 11) is 0. The number of carbonyl (C=O) groups excluding carboxylic acids is 2. The lowest BCUT2D eigenvalue weighted by molar-refractivity contribution is -0.117. The zero-order valence-electron chi connectivity index (χ0n) is 20.4. The minimum atomic E-state index is -0.567. The third-order valence-electron chi connectivity index (χ3n) is 6.18. The highest BCUT2D eigenvalue weighted by atomic mass is 35.5. The first-order chi connectivity index (χ1) is 17.8. The van der Waals surface area contributed by atoms with Crippen molar-refractivity contribution in [1.82, 2.24) is 5.32 Å². The van der Waals surface area contributed by atoms with E-state index in [0.29, 0.717) is 27.2 Å². The fourth-order valence-electron chi connectivity index (χ4n) is 4.08. The molecule has 8 heteroatoms. The molecule has 0 aromatic heterocycles. The molecule has 0 spiro atoms. The molecule has 2 unspecified atom stereocenters. The van der Waals surface area contributed by atoms with Crippen molar-refractivity contribution in [2.75, 3.05) is 4.90 Å². The molecule has 0 radical (unpaired) electrons. The van der Waals surface area contributed by atoms with Gasteiger partial charge in [-0.25, -0.2) is 0 Å². The lowest BCUT2D eigenvalue weighted by atomic mass is 10.1. The number of nitrogens with zero attached hydrogens (tertiary/aromatic N) is 2. The summed E-state index contributed by atoms with van der Waals surface area (Å²) in [5.74, 6) is -0.749. The maximum Gasteiger partial charge on any atom is 0.265 e. The predicted molar refractivity (Wildman–Crippen MR) is 150 cm³/mol. The number of benzene rings is 3. The van der Waals surface area contributed by atoms with E-state index in [1.807, 2.05) is 61.5 Å². The summed E-state index contributed by atoms with van der Waals surface area (Å²) in [5, 5.41) is 13.7. The summed E-state index contributed by atoms with van der Waals surface area (Å²) in [6.45, 7) is 3.90. The predicted octanol–water partition coefficient (Wildman–Crippen LogP) is 6.86. The molecule has 3 aromatic carbocycles. The third kappa shape index (κ3) is 6.02. The average Bonchev–Trinajstić information content (AvgIpc) is 3.21. The molecule has 1 saturated heterocycles. The second kappa shape index (κ2) is 11.9. The summed E-state index contributed by atoms with van der Waals surface area (Å²) < 4.78 is 0. The van der Waals surface area contributed by atoms with Gasteiger partial charge < -0.3 is 5.32 Å². The van der Waals surface area contributed by atoms with Gasteiger partial charge >= 0.3 is 0 Å². The molecule has 3 aromatic rings. The Morgan fingerprint density at radius 1 is 1.11 bits per heavy atom. The number of nitriles is 1. The third-order valence-corrected chi connectivity index (χ3v) is 8.03. The molecule has 1 fully saturated rings. The highest BCUT2D eigenvalue weighted by Crippen LogP contribution is 2.42. The van der Waals surface area contributed by atoms with Crippen LogP contribution in [0.1, 0.15) is 36.6 Å². The number of amides is 2. The Morgan fingerprint density at radius 3 is 2.43 bits per heavy atom. The Balaban J connectivity index is 1.71. The van der Waals surface area contributed by atoms with E-state index in [9.17, 15) is 14.9 Å². The number of hydrogen-bond acceptors (Lipinski definition) is 4. The van der Waals surface area contributed by atoms with Crippen LogP contribution in [-0.4, -0.2) is 17.1 Å². The Hall–Kier alpha value is -3.24. The van der Waals surface area contributed by atoms with E-state index in [1.54, 1.807) is 18.2 Å². The van der Waals surface area contributed by atoms with Crippen LogP contribution in [0.4, 0.5) is 5.69 Å². The minimum absolute atomic E-state index is 0.106. The van der Waals surface area contributed by atoms with Gasteiger partial charge in [-0.15, -0.1) is 0 Å². The van der Waals surface area contributed by atoms with Crippen molar-refractivity contribution in [2.45, 2.75) is 38.0 Å². The number of halogens is 2. The van der Waals surface area contributed by atoms with Crippen molar-refractivity contribution in [1.29, 1.82) is 5.26 Å². The number of thioether (sulfide) groups is 1. The van der Waals surface area contributed by atoms with Crippen molar-refractivity contribution in [3.05, 3.63) is 110 Å². The van der Waals surface area contributed by atoms with Gasteiger partial charge in [0.2, 0.25) is 5.91 Å². The van der Waals surface area contributed by atoms with Gasteiger partial charge in [0.05, 0.1) is 11.3 Å². The number of rotatable bonds is 7. The van der Waals surface area contributed by atoms with Crippen LogP contribution in [0.5, 0.6) is 0 Å². The SMILES string of the molecule is CCc1ccc(N2C(=O)C(Cc3ccc(Cl)cc3Cl)S/C2=C(/C#N)C(=O)NC(C)c2ccccc2)cc1. The number of anilines is 1. The first-order valence-electron chi connectivity index (χ1n) is 11.9. The molecule has 1 heterocycles. The highest BCUT2D eigenvalue weighted by Gasteiger charge is 2.41. The van der Waals surface area contributed by atoms with E-state index in [4.69, 9.17) is 23.2 Å². The molecule has 188 valence electrons. The highest BCUT2D eigenvalue weighted by molar-refractivity contribution is 8.05. The molecule has 4 rings (SSSR count). The second-order valence-electron chi connectivity index (χ2n) is 8.64. The number of nitrogens with one attached hydrogen (secondary N) is 1. The van der Waals surface area contributed by atoms with Crippen LogP contribution in [0.25, 0.3) is 0 Å². The Labute approximate surface area is 231 Å². The Morgan fingerprint density at radius 2 is 1.81 bits per heavy atom. The number of carbonyl (C=O) groups is 2. The first-order valence-corrected chi connectivity index (χ1v) is 13.5. The van der Waals surface area contributed by atoms with Gasteiger partial charge in [0.25, 0.3) is 5.91 Å². The molecule has 0 saturated carbocycles. The van der Waals surface area contributed by atoms with Gasteiger partial charge in [-0.3, -0.25) is 14.5 Å². The summed E-state index contributed by atoms with van der Waals surface area (Å²) in [5.41, 5.74) is 3.29. The average molecular weight is 551 g/mol. The van der Waals surface area contributed by atoms with E-state index in [-0.39, 0.29) is 17.5 Å². The zero-order valence-corrected chi connectivity index (χ0v) is 22.7. The Kier molecular flexibility index (Phi) is 8.60. The van der Waals surface area contributed by atoms with E-state index in [0.717, 1.165) is 23.1 Å². The number of hydrogen-bond donors (Lipinski definition) is 1. The minimum Gasteiger partial charge on any atom is -0.345 e. The largest absolute Gasteiger partial charge is 0.345 e. The molecule has 5 nitrogen and oxygen atoms in total. The monoisotopic (exact) mass is 549 g/mol. The summed E-state index contributed by atoms with van der Waals surface area (Å²) in [6.07, 6.45) is 1.18. The van der Waals surface area contributed by atoms with E-state index in [2.05, 4.69) is 18.3 Å². The van der Waals surface area contributed by atoms with Gasteiger partial charge in [-0.2, -0.15) is 5.26 Å². The second-order valence-corrected chi connectivity index (χ2v) is 10.7. The van der Waals surface area contributed by atoms with Crippen LogP contribution in [0.15, 0.2) is 83.4 Å². The zero-order chi connectivity index (χ0) is 26.5. The van der Waals surface area contributed by atoms with Gasteiger partial charge in [0.15, 0.2) is 0 Å². The van der Waals surface area contributed by atoms with Gasteiger partial charge in [0, 0.05) is 15.7 Å². The fraction of sp³-hybridized carbons (Fsp3) is 0.207. The quantitative estimate of drug-likeness (QED) is 0.258. The topological polar surface area (TPSA) is 73.2 Å². The van der Waals surface area contributed by atoms with E-state index < -0.39 is 11.2 Å². The van der Waals surface area contributed by atoms with Crippen LogP contribution in [0.2, 0.25) is 10.0 Å². The molecule has 0 bridgehead atoms. The summed E-state index contributed by atoms with van der Waals surface area (Å²) in [6, 6.07) is 24.0. The molecular weight excluding hydrogens is 525 g/mol. The smallest absolute Gasteiger partial charge is 0.265 e. The van der Waals surface area contributed by atoms with Crippen molar-refractivity contribution in [3.8, 4) is 6.07 Å². The summed E-state index contributed by atoms with van der Waals surface area (Å²) in [4.78, 5) is 28.5. The Bertz CT molecular complexity index is 1380. The molecule has 1 aliphatic heterocycles. The van der Waals surface area contributed by atoms with E-state index >= 15 is 0 Å². The van der Waals surface area contributed by atoms with Crippen molar-refractivity contribution < 1.29 is 9.59 Å². The maximum atomic E-state index is 13.7. The lowest BCUT2D eigenvalue weighted by Gasteiger charge is -2.20. The van der Waals surface area contributed by atoms with E-state index in [1.165, 1.54) is 16.7 Å². The van der Waals surface area contributed by atoms with Crippen molar-refractivity contribution in [3.63, 3.8) is 0 Å². The number of aryl methyl sites for hydroxylation is 1. The van der Waals surface area contributed by atoms with Crippen molar-refractivity contribution in [2.24, 2.45) is 0 Å². The fourth-order valence-corrected chi connectivity index (χ4v) is 5.86. The van der Waals surface area contributed by atoms with Crippen LogP contribution in [0, 0.1) is 11.3 Å². The van der Waals surface area contributed by atoms with Crippen LogP contribution >= 0.6 is 35.0 Å². The molecule has 1 aliphatic rings. The molecule has 37 heavy (non-hydrogen) atoms. The molecule has 1 N–H and O–H groups in total. The molecule has 0 aliphatic carbocycles. The molecule has 2 atom stereocenters. The van der Waals surface area contributed by atoms with Crippen molar-refractivity contribution >= 4 is 52.5 Å². The van der Waals surface area contributed by atoms with Gasteiger partial charge in [0.1, 0.15) is 16.7 Å². The van der Waals surface area contributed by atoms with Gasteiger partial charge in [-0.1, -0.05) is 90.4 Å². The molecular formula is C29H25Cl2N3O2S. The maximum absolute atomic E-state index is 13.7. The first kappa shape index (κ1) is 26.8. The van der Waals surface area contributed by atoms with Crippen LogP contribution in [0.3, 0.4) is 0 Å². The standard InChI is InChI=1S/C29H25Cl2N3O2S/c1-3-19-9-13-23(14-10-19)34-28(36)26(15-21-11-12-22(30)16-25(21)31)37-29(34)24(17-32)27(35)33-18(2)20-7-5-4-6-8-20/h4-14,16,18,26H,3,15H2,1-2H3,(H,33,35)/b29-24-. The molecule has 2 amide bonds. The normalized spacial score (nSPS) is 17.3. The summed E-state index contributed by atoms with van der Waals surface area (Å²) >= 11 is 13.6. The van der Waals surface area contributed by atoms with Crippen LogP contribution < -0.4 is 10.2 Å². The lowest BCUT2D eigenvalue weighted by Crippen LogP contribution is -2.33. The van der Waals surface area contributed by atoms with Crippen LogP contribution in [-0.2, 0) is 22.4 Å². The van der Waals surface area contributed by atoms with Gasteiger partial charge in [-0.05, 0) is 60.7 Å².